The number of carbonyl (C=O) groups excluding carboxylic acids is 1. The van der Waals surface area contributed by atoms with Gasteiger partial charge in [0.05, 0.1) is 11.7 Å². The minimum Gasteiger partial charge on any atom is -0.487 e. The van der Waals surface area contributed by atoms with E-state index >= 15 is 0 Å². The number of halogens is 2. The van der Waals surface area contributed by atoms with Crippen LogP contribution in [0.15, 0.2) is 18.2 Å². The van der Waals surface area contributed by atoms with E-state index in [4.69, 9.17) is 4.74 Å². The van der Waals surface area contributed by atoms with Crippen molar-refractivity contribution in [1.29, 1.82) is 0 Å². The van der Waals surface area contributed by atoms with E-state index in [9.17, 15) is 28.9 Å². The Morgan fingerprint density at radius 2 is 1.93 bits per heavy atom. The summed E-state index contributed by atoms with van der Waals surface area (Å²) in [5.41, 5.74) is -2.68. The molecule has 7 nitrogen and oxygen atoms in total. The van der Waals surface area contributed by atoms with Crippen molar-refractivity contribution in [2.45, 2.75) is 43.5 Å². The molecule has 0 radical (unpaired) electrons. The molecule has 2 aliphatic rings. The Bertz CT molecular complexity index is 742. The smallest absolute Gasteiger partial charge is 0.219 e. The Kier molecular flexibility index (Phi) is 6.42. The van der Waals surface area contributed by atoms with Gasteiger partial charge in [-0.15, -0.1) is 0 Å². The normalized spacial score (nSPS) is 27.7. The van der Waals surface area contributed by atoms with Gasteiger partial charge in [0, 0.05) is 45.7 Å². The van der Waals surface area contributed by atoms with E-state index in [1.54, 1.807) is 4.90 Å². The van der Waals surface area contributed by atoms with Crippen LogP contribution in [0.4, 0.5) is 8.78 Å². The van der Waals surface area contributed by atoms with Crippen LogP contribution in [0, 0.1) is 11.6 Å². The zero-order valence-electron chi connectivity index (χ0n) is 16.5. The molecule has 162 valence electrons. The fourth-order valence-corrected chi connectivity index (χ4v) is 4.02. The fraction of sp³-hybridized carbons (Fsp3) is 0.650. The number of aliphatic hydroxyl groups excluding tert-OH is 1. The molecule has 1 amide bonds. The summed E-state index contributed by atoms with van der Waals surface area (Å²) in [6.07, 6.45) is 0.00947. The molecular weight excluding hydrogens is 386 g/mol. The van der Waals surface area contributed by atoms with E-state index in [-0.39, 0.29) is 31.2 Å². The third kappa shape index (κ3) is 5.22. The third-order valence-corrected chi connectivity index (χ3v) is 5.86. The second kappa shape index (κ2) is 8.51. The second-order valence-electron chi connectivity index (χ2n) is 8.21. The van der Waals surface area contributed by atoms with E-state index in [1.807, 2.05) is 4.90 Å². The van der Waals surface area contributed by atoms with Crippen molar-refractivity contribution in [3.8, 4) is 5.75 Å². The molecule has 2 heterocycles. The van der Waals surface area contributed by atoms with Gasteiger partial charge in [-0.2, -0.15) is 0 Å². The first-order valence-corrected chi connectivity index (χ1v) is 9.79. The Balaban J connectivity index is 1.60. The van der Waals surface area contributed by atoms with Crippen molar-refractivity contribution in [3.05, 3.63) is 29.8 Å². The maximum absolute atomic E-state index is 13.8. The van der Waals surface area contributed by atoms with Crippen LogP contribution in [0.3, 0.4) is 0 Å². The molecule has 3 N–H and O–H groups in total. The van der Waals surface area contributed by atoms with E-state index in [0.29, 0.717) is 32.5 Å². The van der Waals surface area contributed by atoms with Crippen molar-refractivity contribution in [2.75, 3.05) is 39.3 Å². The highest BCUT2D eigenvalue weighted by molar-refractivity contribution is 5.73. The summed E-state index contributed by atoms with van der Waals surface area (Å²) >= 11 is 0. The van der Waals surface area contributed by atoms with Crippen molar-refractivity contribution in [3.63, 3.8) is 0 Å². The molecule has 0 unspecified atom stereocenters. The summed E-state index contributed by atoms with van der Waals surface area (Å²) in [6, 6.07) is 2.78. The second-order valence-corrected chi connectivity index (χ2v) is 8.21. The molecule has 3 rings (SSSR count). The molecule has 2 atom stereocenters. The minimum atomic E-state index is -1.69. The molecule has 9 heteroatoms. The molecule has 2 aliphatic heterocycles. The molecule has 2 fully saturated rings. The van der Waals surface area contributed by atoms with Gasteiger partial charge < -0.3 is 25.0 Å². The first-order valence-electron chi connectivity index (χ1n) is 9.79. The summed E-state index contributed by atoms with van der Waals surface area (Å²) in [7, 11) is 0. The molecular formula is C20H28F2N2O5. The number of amides is 1. The Labute approximate surface area is 168 Å². The standard InChI is InChI=1S/C20H28F2N2O5/c1-14(25)24-8-5-19(27,6-9-24)11-23-7-4-18(26)20(28,12-23)13-29-17-10-15(21)2-3-16(17)22/h2-3,10,18,26-28H,4-9,11-13H2,1H3/t18-,20-/m0/s1. The molecule has 29 heavy (non-hydrogen) atoms. The number of hydrogen-bond donors (Lipinski definition) is 3. The lowest BCUT2D eigenvalue weighted by atomic mass is 9.86. The van der Waals surface area contributed by atoms with Crippen LogP contribution in [0.1, 0.15) is 26.2 Å². The lowest BCUT2D eigenvalue weighted by molar-refractivity contribution is -0.153. The molecule has 1 aromatic rings. The maximum atomic E-state index is 13.8. The number of benzene rings is 1. The number of carbonyl (C=O) groups is 1. The first kappa shape index (κ1) is 21.9. The van der Waals surface area contributed by atoms with Crippen molar-refractivity contribution in [1.82, 2.24) is 9.80 Å². The monoisotopic (exact) mass is 414 g/mol. The predicted octanol–water partition coefficient (Wildman–Crippen LogP) is 0.515. The molecule has 0 saturated carbocycles. The van der Waals surface area contributed by atoms with Crippen molar-refractivity contribution < 1.29 is 33.6 Å². The third-order valence-electron chi connectivity index (χ3n) is 5.86. The number of piperidine rings is 2. The van der Waals surface area contributed by atoms with Crippen LogP contribution in [0.25, 0.3) is 0 Å². The number of rotatable bonds is 5. The quantitative estimate of drug-likeness (QED) is 0.650. The Morgan fingerprint density at radius 3 is 2.59 bits per heavy atom. The zero-order chi connectivity index (χ0) is 21.2. The van der Waals surface area contributed by atoms with Gasteiger partial charge in [0.25, 0.3) is 0 Å². The van der Waals surface area contributed by atoms with Gasteiger partial charge >= 0.3 is 0 Å². The van der Waals surface area contributed by atoms with Gasteiger partial charge in [-0.1, -0.05) is 0 Å². The van der Waals surface area contributed by atoms with Crippen LogP contribution in [-0.2, 0) is 4.79 Å². The van der Waals surface area contributed by atoms with Crippen molar-refractivity contribution >= 4 is 5.91 Å². The van der Waals surface area contributed by atoms with Crippen LogP contribution in [0.5, 0.6) is 5.75 Å². The van der Waals surface area contributed by atoms with E-state index in [1.165, 1.54) is 6.92 Å². The highest BCUT2D eigenvalue weighted by Crippen LogP contribution is 2.29. The molecule has 0 aromatic heterocycles. The average Bonchev–Trinajstić information content (AvgIpc) is 2.66. The molecule has 0 spiro atoms. The largest absolute Gasteiger partial charge is 0.487 e. The van der Waals surface area contributed by atoms with E-state index in [2.05, 4.69) is 0 Å². The SMILES string of the molecule is CC(=O)N1CCC(O)(CN2CC[C@H](O)[C@@](O)(COc3cc(F)ccc3F)C2)CC1. The Hall–Kier alpha value is -1.81. The summed E-state index contributed by atoms with van der Waals surface area (Å²) in [5, 5.41) is 32.1. The summed E-state index contributed by atoms with van der Waals surface area (Å²) in [6.45, 7) is 2.78. The highest BCUT2D eigenvalue weighted by Gasteiger charge is 2.44. The minimum absolute atomic E-state index is 0.0177. The first-order chi connectivity index (χ1) is 13.6. The predicted molar refractivity (Wildman–Crippen MR) is 100 cm³/mol. The van der Waals surface area contributed by atoms with E-state index in [0.717, 1.165) is 18.2 Å². The number of hydrogen-bond acceptors (Lipinski definition) is 6. The van der Waals surface area contributed by atoms with Gasteiger partial charge in [-0.25, -0.2) is 8.78 Å². The van der Waals surface area contributed by atoms with Gasteiger partial charge in [0.15, 0.2) is 11.6 Å². The number of nitrogens with zero attached hydrogens (tertiary/aromatic N) is 2. The van der Waals surface area contributed by atoms with Gasteiger partial charge in [0.2, 0.25) is 5.91 Å². The molecule has 0 aliphatic carbocycles. The van der Waals surface area contributed by atoms with Gasteiger partial charge in [0.1, 0.15) is 18.0 Å². The van der Waals surface area contributed by atoms with Crippen LogP contribution < -0.4 is 4.74 Å². The molecule has 2 saturated heterocycles. The van der Waals surface area contributed by atoms with Crippen LogP contribution >= 0.6 is 0 Å². The van der Waals surface area contributed by atoms with E-state index < -0.39 is 35.5 Å². The highest BCUT2D eigenvalue weighted by atomic mass is 19.1. The van der Waals surface area contributed by atoms with Gasteiger partial charge in [-0.05, 0) is 31.4 Å². The lowest BCUT2D eigenvalue weighted by Gasteiger charge is -2.46. The molecule has 0 bridgehead atoms. The fourth-order valence-electron chi connectivity index (χ4n) is 4.02. The average molecular weight is 414 g/mol. The lowest BCUT2D eigenvalue weighted by Crippen LogP contribution is -2.62. The number of ether oxygens (including phenoxy) is 1. The number of aliphatic hydroxyl groups is 3. The zero-order valence-corrected chi connectivity index (χ0v) is 16.5. The van der Waals surface area contributed by atoms with Crippen LogP contribution in [0.2, 0.25) is 0 Å². The number of β-amino-alcohol motifs (C(OH)–C–C–N with tert-alkyl or cyclic N) is 2. The molecule has 1 aromatic carbocycles. The summed E-state index contributed by atoms with van der Waals surface area (Å²) in [5.74, 6) is -1.79. The summed E-state index contributed by atoms with van der Waals surface area (Å²) < 4.78 is 32.3. The number of likely N-dealkylation sites (tertiary alicyclic amines) is 2. The Morgan fingerprint density at radius 1 is 1.24 bits per heavy atom. The topological polar surface area (TPSA) is 93.5 Å². The summed E-state index contributed by atoms with van der Waals surface area (Å²) in [4.78, 5) is 15.0. The van der Waals surface area contributed by atoms with Crippen LogP contribution in [-0.4, -0.2) is 87.7 Å². The van der Waals surface area contributed by atoms with Gasteiger partial charge in [-0.3, -0.25) is 9.69 Å². The van der Waals surface area contributed by atoms with Crippen molar-refractivity contribution in [2.24, 2.45) is 0 Å². The maximum Gasteiger partial charge on any atom is 0.219 e.